The molecule has 1 aliphatic carbocycles. The first-order valence-electron chi connectivity index (χ1n) is 8.77. The molecule has 3 atom stereocenters. The van der Waals surface area contributed by atoms with Crippen LogP contribution in [0, 0.1) is 17.3 Å². The SMILES string of the molecule is CCN1CCC(N(C)C(=O)C2CC23CCNCC3)C(C)C1.Cl.Cl. The van der Waals surface area contributed by atoms with Crippen molar-refractivity contribution >= 4 is 30.7 Å². The quantitative estimate of drug-likeness (QED) is 0.833. The van der Waals surface area contributed by atoms with Crippen molar-refractivity contribution < 1.29 is 4.79 Å². The van der Waals surface area contributed by atoms with E-state index >= 15 is 0 Å². The molecule has 0 radical (unpaired) electrons. The molecule has 0 aromatic heterocycles. The van der Waals surface area contributed by atoms with Crippen LogP contribution in [0.5, 0.6) is 0 Å². The summed E-state index contributed by atoms with van der Waals surface area (Å²) in [5.74, 6) is 1.34. The third-order valence-electron chi connectivity index (χ3n) is 6.32. The predicted octanol–water partition coefficient (Wildman–Crippen LogP) is 2.41. The number of likely N-dealkylation sites (tertiary alicyclic amines) is 1. The topological polar surface area (TPSA) is 35.6 Å². The smallest absolute Gasteiger partial charge is 0.226 e. The second-order valence-electron chi connectivity index (χ2n) is 7.54. The predicted molar refractivity (Wildman–Crippen MR) is 99.6 cm³/mol. The number of piperidine rings is 2. The fraction of sp³-hybridized carbons (Fsp3) is 0.941. The van der Waals surface area contributed by atoms with Crippen LogP contribution in [-0.2, 0) is 4.79 Å². The monoisotopic (exact) mass is 365 g/mol. The molecule has 1 saturated carbocycles. The number of amides is 1. The highest BCUT2D eigenvalue weighted by molar-refractivity contribution is 5.85. The summed E-state index contributed by atoms with van der Waals surface area (Å²) in [5.41, 5.74) is 0.365. The summed E-state index contributed by atoms with van der Waals surface area (Å²) in [7, 11) is 2.05. The van der Waals surface area contributed by atoms with Crippen molar-refractivity contribution in [1.82, 2.24) is 15.1 Å². The molecule has 3 fully saturated rings. The molecule has 3 rings (SSSR count). The second kappa shape index (κ2) is 8.37. The average Bonchev–Trinajstić information content (AvgIpc) is 3.19. The molecule has 0 aromatic carbocycles. The van der Waals surface area contributed by atoms with Gasteiger partial charge in [0.05, 0.1) is 0 Å². The van der Waals surface area contributed by atoms with Gasteiger partial charge in [0.25, 0.3) is 0 Å². The molecule has 1 N–H and O–H groups in total. The molecule has 3 unspecified atom stereocenters. The Hall–Kier alpha value is -0.0300. The molecule has 2 saturated heterocycles. The first-order chi connectivity index (χ1) is 10.1. The lowest BCUT2D eigenvalue weighted by Crippen LogP contribution is -2.51. The van der Waals surface area contributed by atoms with Crippen LogP contribution in [0.1, 0.15) is 39.5 Å². The Morgan fingerprint density at radius 1 is 1.30 bits per heavy atom. The Bertz CT molecular complexity index is 401. The highest BCUT2D eigenvalue weighted by Crippen LogP contribution is 2.59. The van der Waals surface area contributed by atoms with Crippen LogP contribution in [-0.4, -0.2) is 61.5 Å². The van der Waals surface area contributed by atoms with E-state index in [-0.39, 0.29) is 24.8 Å². The van der Waals surface area contributed by atoms with Gasteiger partial charge in [-0.1, -0.05) is 13.8 Å². The van der Waals surface area contributed by atoms with Gasteiger partial charge in [-0.15, -0.1) is 24.8 Å². The minimum absolute atomic E-state index is 0. The lowest BCUT2D eigenvalue weighted by molar-refractivity contribution is -0.136. The number of carbonyl (C=O) groups is 1. The Labute approximate surface area is 153 Å². The highest BCUT2D eigenvalue weighted by atomic mass is 35.5. The second-order valence-corrected chi connectivity index (χ2v) is 7.54. The summed E-state index contributed by atoms with van der Waals surface area (Å²) in [6, 6.07) is 0.444. The van der Waals surface area contributed by atoms with Crippen LogP contribution in [0.4, 0.5) is 0 Å². The number of nitrogens with zero attached hydrogens (tertiary/aromatic N) is 2. The molecule has 23 heavy (non-hydrogen) atoms. The molecule has 3 aliphatic rings. The van der Waals surface area contributed by atoms with Crippen LogP contribution in [0.25, 0.3) is 0 Å². The summed E-state index contributed by atoms with van der Waals surface area (Å²) in [5, 5.41) is 3.42. The molecule has 2 aliphatic heterocycles. The van der Waals surface area contributed by atoms with E-state index in [0.717, 1.165) is 45.6 Å². The van der Waals surface area contributed by atoms with E-state index in [2.05, 4.69) is 36.0 Å². The largest absolute Gasteiger partial charge is 0.342 e. The minimum atomic E-state index is 0. The standard InChI is InChI=1S/C17H31N3O.2ClH/c1-4-20-10-5-15(13(2)12-20)19(3)16(21)14-11-17(14)6-8-18-9-7-17;;/h13-15,18H,4-12H2,1-3H3;2*1H. The van der Waals surface area contributed by atoms with Crippen LogP contribution in [0.15, 0.2) is 0 Å². The molecule has 1 amide bonds. The van der Waals surface area contributed by atoms with E-state index in [4.69, 9.17) is 0 Å². The molecule has 136 valence electrons. The summed E-state index contributed by atoms with van der Waals surface area (Å²) >= 11 is 0. The van der Waals surface area contributed by atoms with E-state index in [1.54, 1.807) is 0 Å². The van der Waals surface area contributed by atoms with Gasteiger partial charge in [-0.3, -0.25) is 4.79 Å². The molecule has 1 spiro atoms. The summed E-state index contributed by atoms with van der Waals surface area (Å²) < 4.78 is 0. The van der Waals surface area contributed by atoms with E-state index in [9.17, 15) is 4.79 Å². The van der Waals surface area contributed by atoms with E-state index in [0.29, 0.717) is 29.2 Å². The molecule has 0 aromatic rings. The van der Waals surface area contributed by atoms with Crippen LogP contribution < -0.4 is 5.32 Å². The third-order valence-corrected chi connectivity index (χ3v) is 6.32. The molecule has 6 heteroatoms. The zero-order chi connectivity index (χ0) is 15.0. The molecular weight excluding hydrogens is 333 g/mol. The van der Waals surface area contributed by atoms with Crippen LogP contribution >= 0.6 is 24.8 Å². The van der Waals surface area contributed by atoms with Crippen molar-refractivity contribution in [3.05, 3.63) is 0 Å². The molecule has 2 heterocycles. The average molecular weight is 366 g/mol. The van der Waals surface area contributed by atoms with Crippen molar-refractivity contribution in [1.29, 1.82) is 0 Å². The number of carbonyl (C=O) groups excluding carboxylic acids is 1. The summed E-state index contributed by atoms with van der Waals surface area (Å²) in [6.45, 7) is 10.1. The maximum atomic E-state index is 12.9. The van der Waals surface area contributed by atoms with Gasteiger partial charge >= 0.3 is 0 Å². The lowest BCUT2D eigenvalue weighted by atomic mass is 9.90. The van der Waals surface area contributed by atoms with Gasteiger partial charge in [-0.25, -0.2) is 0 Å². The van der Waals surface area contributed by atoms with Gasteiger partial charge in [-0.05, 0) is 56.7 Å². The fourth-order valence-corrected chi connectivity index (χ4v) is 4.67. The highest BCUT2D eigenvalue weighted by Gasteiger charge is 2.58. The van der Waals surface area contributed by atoms with E-state index in [1.807, 2.05) is 0 Å². The number of halogens is 2. The van der Waals surface area contributed by atoms with Crippen molar-refractivity contribution in [3.8, 4) is 0 Å². The number of rotatable bonds is 3. The summed E-state index contributed by atoms with van der Waals surface area (Å²) in [4.78, 5) is 17.5. The van der Waals surface area contributed by atoms with Gasteiger partial charge in [-0.2, -0.15) is 0 Å². The Kier molecular flexibility index (Phi) is 7.65. The number of hydrogen-bond donors (Lipinski definition) is 1. The summed E-state index contributed by atoms with van der Waals surface area (Å²) in [6.07, 6.45) is 4.67. The lowest BCUT2D eigenvalue weighted by Gasteiger charge is -2.41. The van der Waals surface area contributed by atoms with Gasteiger partial charge in [0.15, 0.2) is 0 Å². The Balaban J connectivity index is 0.00000132. The molecule has 4 nitrogen and oxygen atoms in total. The van der Waals surface area contributed by atoms with Crippen molar-refractivity contribution in [2.45, 2.75) is 45.6 Å². The maximum absolute atomic E-state index is 12.9. The van der Waals surface area contributed by atoms with Crippen LogP contribution in [0.2, 0.25) is 0 Å². The number of nitrogens with one attached hydrogen (secondary N) is 1. The van der Waals surface area contributed by atoms with Gasteiger partial charge < -0.3 is 15.1 Å². The van der Waals surface area contributed by atoms with E-state index < -0.39 is 0 Å². The van der Waals surface area contributed by atoms with E-state index in [1.165, 1.54) is 12.8 Å². The number of hydrogen-bond acceptors (Lipinski definition) is 3. The van der Waals surface area contributed by atoms with Gasteiger partial charge in [0.2, 0.25) is 5.91 Å². The third kappa shape index (κ3) is 4.15. The normalized spacial score (nSPS) is 32.6. The maximum Gasteiger partial charge on any atom is 0.226 e. The molecule has 0 bridgehead atoms. The zero-order valence-electron chi connectivity index (χ0n) is 14.7. The Morgan fingerprint density at radius 3 is 2.52 bits per heavy atom. The zero-order valence-corrected chi connectivity index (χ0v) is 16.3. The van der Waals surface area contributed by atoms with Gasteiger partial charge in [0.1, 0.15) is 0 Å². The van der Waals surface area contributed by atoms with Crippen molar-refractivity contribution in [2.75, 3.05) is 39.8 Å². The van der Waals surface area contributed by atoms with Crippen molar-refractivity contribution in [3.63, 3.8) is 0 Å². The van der Waals surface area contributed by atoms with Gasteiger partial charge in [0, 0.05) is 32.1 Å². The van der Waals surface area contributed by atoms with Crippen molar-refractivity contribution in [2.24, 2.45) is 17.3 Å². The first kappa shape index (κ1) is 21.0. The molecular formula is C17H33Cl2N3O. The Morgan fingerprint density at radius 2 is 1.96 bits per heavy atom. The first-order valence-corrected chi connectivity index (χ1v) is 8.77. The fourth-order valence-electron chi connectivity index (χ4n) is 4.67. The van der Waals surface area contributed by atoms with Crippen LogP contribution in [0.3, 0.4) is 0 Å². The minimum Gasteiger partial charge on any atom is -0.342 e.